The summed E-state index contributed by atoms with van der Waals surface area (Å²) in [7, 11) is 0. The summed E-state index contributed by atoms with van der Waals surface area (Å²) in [6.45, 7) is -0.279. The van der Waals surface area contributed by atoms with Gasteiger partial charge in [-0.25, -0.2) is 0 Å². The molecule has 7 heteroatoms. The molecular formula is C19H18F3NO3. The summed E-state index contributed by atoms with van der Waals surface area (Å²) in [4.78, 5) is 12.7. The van der Waals surface area contributed by atoms with Gasteiger partial charge >= 0.3 is 12.1 Å². The van der Waals surface area contributed by atoms with Gasteiger partial charge in [0.1, 0.15) is 11.5 Å². The quantitative estimate of drug-likeness (QED) is 0.864. The molecule has 0 spiro atoms. The van der Waals surface area contributed by atoms with Gasteiger partial charge in [0.05, 0.1) is 11.8 Å². The second kappa shape index (κ2) is 7.37. The molecule has 1 N–H and O–H groups in total. The second-order valence-electron chi connectivity index (χ2n) is 6.31. The molecule has 4 nitrogen and oxygen atoms in total. The van der Waals surface area contributed by atoms with Crippen LogP contribution in [0.5, 0.6) is 11.5 Å². The Morgan fingerprint density at radius 1 is 1.08 bits per heavy atom. The van der Waals surface area contributed by atoms with E-state index in [4.69, 9.17) is 9.84 Å². The van der Waals surface area contributed by atoms with Crippen LogP contribution >= 0.6 is 0 Å². The lowest BCUT2D eigenvalue weighted by Gasteiger charge is -2.19. The molecule has 1 aliphatic heterocycles. The van der Waals surface area contributed by atoms with E-state index in [0.717, 1.165) is 0 Å². The van der Waals surface area contributed by atoms with Crippen molar-refractivity contribution in [1.29, 1.82) is 0 Å². The third kappa shape index (κ3) is 4.16. The molecule has 0 aromatic heterocycles. The van der Waals surface area contributed by atoms with E-state index in [1.54, 1.807) is 36.4 Å². The fraction of sp³-hybridized carbons (Fsp3) is 0.316. The molecule has 1 fully saturated rings. The van der Waals surface area contributed by atoms with Crippen LogP contribution in [0.25, 0.3) is 0 Å². The maximum Gasteiger partial charge on any atom is 0.393 e. The zero-order chi connectivity index (χ0) is 18.7. The van der Waals surface area contributed by atoms with Crippen molar-refractivity contribution >= 4 is 5.97 Å². The molecule has 2 atom stereocenters. The van der Waals surface area contributed by atoms with Crippen molar-refractivity contribution in [3.63, 3.8) is 0 Å². The van der Waals surface area contributed by atoms with Crippen molar-refractivity contribution in [2.75, 3.05) is 13.1 Å². The maximum absolute atomic E-state index is 13.1. The van der Waals surface area contributed by atoms with Crippen LogP contribution in [0.1, 0.15) is 5.56 Å². The van der Waals surface area contributed by atoms with Crippen LogP contribution in [0, 0.1) is 11.8 Å². The first-order valence-electron chi connectivity index (χ1n) is 8.17. The minimum absolute atomic E-state index is 0.140. The van der Waals surface area contributed by atoms with Crippen LogP contribution in [0.2, 0.25) is 0 Å². The summed E-state index contributed by atoms with van der Waals surface area (Å²) < 4.78 is 45.2. The fourth-order valence-electron chi connectivity index (χ4n) is 3.19. The number of aliphatic carboxylic acids is 1. The average molecular weight is 365 g/mol. The van der Waals surface area contributed by atoms with Gasteiger partial charge in [0, 0.05) is 25.2 Å². The number of carbonyl (C=O) groups is 1. The van der Waals surface area contributed by atoms with E-state index in [-0.39, 0.29) is 19.6 Å². The summed E-state index contributed by atoms with van der Waals surface area (Å²) >= 11 is 0. The Morgan fingerprint density at radius 3 is 2.35 bits per heavy atom. The molecule has 0 bridgehead atoms. The highest BCUT2D eigenvalue weighted by Gasteiger charge is 2.52. The SMILES string of the molecule is O=C(O)[C@@H]1CN(Cc2ccccc2Oc2ccccc2)C[C@H]1C(F)(F)F. The lowest BCUT2D eigenvalue weighted by atomic mass is 9.96. The number of likely N-dealkylation sites (tertiary alicyclic amines) is 1. The summed E-state index contributed by atoms with van der Waals surface area (Å²) in [5.74, 6) is -3.55. The van der Waals surface area contributed by atoms with Crippen molar-refractivity contribution in [3.8, 4) is 11.5 Å². The van der Waals surface area contributed by atoms with E-state index in [2.05, 4.69) is 0 Å². The number of benzene rings is 2. The highest BCUT2D eigenvalue weighted by molar-refractivity contribution is 5.71. The maximum atomic E-state index is 13.1. The van der Waals surface area contributed by atoms with E-state index in [1.165, 1.54) is 4.90 Å². The second-order valence-corrected chi connectivity index (χ2v) is 6.31. The predicted molar refractivity (Wildman–Crippen MR) is 88.9 cm³/mol. The molecule has 26 heavy (non-hydrogen) atoms. The first kappa shape index (κ1) is 18.3. The number of hydrogen-bond acceptors (Lipinski definition) is 3. The van der Waals surface area contributed by atoms with Crippen LogP contribution < -0.4 is 4.74 Å². The first-order chi connectivity index (χ1) is 12.3. The Labute approximate surface area is 148 Å². The largest absolute Gasteiger partial charge is 0.481 e. The molecule has 0 unspecified atom stereocenters. The van der Waals surface area contributed by atoms with Crippen molar-refractivity contribution < 1.29 is 27.8 Å². The number of hydrogen-bond donors (Lipinski definition) is 1. The molecule has 0 saturated carbocycles. The van der Waals surface area contributed by atoms with E-state index >= 15 is 0 Å². The third-order valence-corrected chi connectivity index (χ3v) is 4.47. The van der Waals surface area contributed by atoms with E-state index in [9.17, 15) is 18.0 Å². The van der Waals surface area contributed by atoms with Crippen LogP contribution in [0.4, 0.5) is 13.2 Å². The summed E-state index contributed by atoms with van der Waals surface area (Å²) in [5.41, 5.74) is 0.711. The molecule has 1 heterocycles. The van der Waals surface area contributed by atoms with Crippen molar-refractivity contribution in [2.45, 2.75) is 12.7 Å². The lowest BCUT2D eigenvalue weighted by molar-refractivity contribution is -0.188. The molecule has 0 radical (unpaired) electrons. The molecule has 2 aromatic rings. The first-order valence-corrected chi connectivity index (χ1v) is 8.17. The fourth-order valence-corrected chi connectivity index (χ4v) is 3.19. The molecule has 1 saturated heterocycles. The number of ether oxygens (including phenoxy) is 1. The molecule has 3 rings (SSSR count). The van der Waals surface area contributed by atoms with Gasteiger partial charge in [-0.15, -0.1) is 0 Å². The van der Waals surface area contributed by atoms with Gasteiger partial charge in [0.25, 0.3) is 0 Å². The minimum Gasteiger partial charge on any atom is -0.481 e. The molecule has 0 aliphatic carbocycles. The summed E-state index contributed by atoms with van der Waals surface area (Å²) in [6.07, 6.45) is -4.53. The topological polar surface area (TPSA) is 49.8 Å². The third-order valence-electron chi connectivity index (χ3n) is 4.47. The molecular weight excluding hydrogens is 347 g/mol. The van der Waals surface area contributed by atoms with Crippen molar-refractivity contribution in [1.82, 2.24) is 4.90 Å². The van der Waals surface area contributed by atoms with Crippen LogP contribution in [0.3, 0.4) is 0 Å². The number of carboxylic acid groups (broad SMARTS) is 1. The Hall–Kier alpha value is -2.54. The number of rotatable bonds is 5. The van der Waals surface area contributed by atoms with Gasteiger partial charge in [-0.3, -0.25) is 9.69 Å². The zero-order valence-corrected chi connectivity index (χ0v) is 13.8. The number of carboxylic acids is 1. The van der Waals surface area contributed by atoms with Gasteiger partial charge in [-0.2, -0.15) is 13.2 Å². The summed E-state index contributed by atoms with van der Waals surface area (Å²) in [6, 6.07) is 16.1. The zero-order valence-electron chi connectivity index (χ0n) is 13.8. The average Bonchev–Trinajstić information content (AvgIpc) is 3.02. The monoisotopic (exact) mass is 365 g/mol. The van der Waals surface area contributed by atoms with Crippen molar-refractivity contribution in [2.24, 2.45) is 11.8 Å². The number of alkyl halides is 3. The summed E-state index contributed by atoms with van der Waals surface area (Å²) in [5, 5.41) is 9.13. The smallest absolute Gasteiger partial charge is 0.393 e. The molecule has 0 amide bonds. The van der Waals surface area contributed by atoms with Crippen molar-refractivity contribution in [3.05, 3.63) is 60.2 Å². The van der Waals surface area contributed by atoms with E-state index in [0.29, 0.717) is 17.1 Å². The normalized spacial score (nSPS) is 20.9. The minimum atomic E-state index is -4.53. The standard InChI is InChI=1S/C19H18F3NO3/c20-19(21,22)16-12-23(11-15(16)18(24)25)10-13-6-4-5-9-17(13)26-14-7-2-1-3-8-14/h1-9,15-16H,10-12H2,(H,24,25)/t15-,16-/m1/s1. The van der Waals surface area contributed by atoms with Gasteiger partial charge in [0.15, 0.2) is 0 Å². The molecule has 2 aromatic carbocycles. The predicted octanol–water partition coefficient (Wildman–Crippen LogP) is 4.17. The molecule has 138 valence electrons. The molecule has 1 aliphatic rings. The van der Waals surface area contributed by atoms with Gasteiger partial charge < -0.3 is 9.84 Å². The Balaban J connectivity index is 1.76. The Morgan fingerprint density at radius 2 is 1.73 bits per heavy atom. The number of nitrogens with zero attached hydrogens (tertiary/aromatic N) is 1. The lowest BCUT2D eigenvalue weighted by Crippen LogP contribution is -2.33. The van der Waals surface area contributed by atoms with Gasteiger partial charge in [-0.05, 0) is 18.2 Å². The van der Waals surface area contributed by atoms with Gasteiger partial charge in [-0.1, -0.05) is 36.4 Å². The van der Waals surface area contributed by atoms with Crippen LogP contribution in [-0.2, 0) is 11.3 Å². The van der Waals surface area contributed by atoms with E-state index in [1.807, 2.05) is 18.2 Å². The Bertz CT molecular complexity index is 764. The number of para-hydroxylation sites is 2. The van der Waals surface area contributed by atoms with Gasteiger partial charge in [0.2, 0.25) is 0 Å². The number of halogens is 3. The Kier molecular flexibility index (Phi) is 5.18. The van der Waals surface area contributed by atoms with Crippen LogP contribution in [-0.4, -0.2) is 35.2 Å². The van der Waals surface area contributed by atoms with E-state index < -0.39 is 24.0 Å². The highest BCUT2D eigenvalue weighted by atomic mass is 19.4. The highest BCUT2D eigenvalue weighted by Crippen LogP contribution is 2.38. The van der Waals surface area contributed by atoms with Crippen LogP contribution in [0.15, 0.2) is 54.6 Å².